The lowest BCUT2D eigenvalue weighted by Crippen LogP contribution is -2.25. The molecule has 0 bridgehead atoms. The van der Waals surface area contributed by atoms with Crippen LogP contribution in [-0.4, -0.2) is 18.3 Å². The smallest absolute Gasteiger partial charge is 0.0107 e. The van der Waals surface area contributed by atoms with Crippen LogP contribution in [0.4, 0.5) is 0 Å². The summed E-state index contributed by atoms with van der Waals surface area (Å²) in [5.41, 5.74) is 1.58. The van der Waals surface area contributed by atoms with E-state index in [0.29, 0.717) is 6.04 Å². The van der Waals surface area contributed by atoms with Gasteiger partial charge in [0.15, 0.2) is 0 Å². The fourth-order valence-corrected chi connectivity index (χ4v) is 3.67. The van der Waals surface area contributed by atoms with Gasteiger partial charge in [-0.2, -0.15) is 0 Å². The van der Waals surface area contributed by atoms with Crippen molar-refractivity contribution < 1.29 is 0 Å². The molecule has 2 heteroatoms. The predicted octanol–water partition coefficient (Wildman–Crippen LogP) is 3.65. The van der Waals surface area contributed by atoms with Gasteiger partial charge in [-0.3, -0.25) is 0 Å². The van der Waals surface area contributed by atoms with Crippen LogP contribution in [0.1, 0.15) is 38.2 Å². The minimum Gasteiger partial charge on any atom is -0.315 e. The summed E-state index contributed by atoms with van der Waals surface area (Å²) < 4.78 is 0. The number of hydrogen-bond acceptors (Lipinski definition) is 2. The van der Waals surface area contributed by atoms with E-state index in [1.54, 1.807) is 5.56 Å². The van der Waals surface area contributed by atoms with E-state index in [1.165, 1.54) is 23.5 Å². The average molecular weight is 235 g/mol. The molecule has 1 aromatic rings. The molecule has 2 unspecified atom stereocenters. The van der Waals surface area contributed by atoms with Gasteiger partial charge in [-0.15, -0.1) is 11.8 Å². The van der Waals surface area contributed by atoms with Gasteiger partial charge >= 0.3 is 0 Å². The summed E-state index contributed by atoms with van der Waals surface area (Å²) in [5, 5.41) is 3.49. The lowest BCUT2D eigenvalue weighted by atomic mass is 9.94. The van der Waals surface area contributed by atoms with Crippen LogP contribution in [0, 0.1) is 0 Å². The van der Waals surface area contributed by atoms with E-state index in [9.17, 15) is 0 Å². The number of nitrogens with one attached hydrogen (secondary N) is 1. The molecule has 1 N–H and O–H groups in total. The fourth-order valence-electron chi connectivity index (χ4n) is 2.37. The quantitative estimate of drug-likeness (QED) is 0.836. The highest BCUT2D eigenvalue weighted by molar-refractivity contribution is 7.99. The normalized spacial score (nSPS) is 20.8. The minimum atomic E-state index is 0.655. The average Bonchev–Trinajstić information content (AvgIpc) is 2.70. The Morgan fingerprint density at radius 1 is 1.44 bits per heavy atom. The molecule has 16 heavy (non-hydrogen) atoms. The summed E-state index contributed by atoms with van der Waals surface area (Å²) in [6.07, 6.45) is 2.60. The van der Waals surface area contributed by atoms with E-state index < -0.39 is 0 Å². The molecule has 2 rings (SSSR count). The van der Waals surface area contributed by atoms with Gasteiger partial charge in [0.1, 0.15) is 0 Å². The van der Waals surface area contributed by atoms with Crippen molar-refractivity contribution in [3.05, 3.63) is 29.8 Å². The molecule has 1 aliphatic heterocycles. The summed E-state index contributed by atoms with van der Waals surface area (Å²) in [6, 6.07) is 9.54. The summed E-state index contributed by atoms with van der Waals surface area (Å²) in [4.78, 5) is 1.50. The minimum absolute atomic E-state index is 0.655. The molecule has 1 aliphatic rings. The number of benzene rings is 1. The molecule has 0 fully saturated rings. The molecule has 0 saturated heterocycles. The van der Waals surface area contributed by atoms with E-state index in [-0.39, 0.29) is 0 Å². The maximum Gasteiger partial charge on any atom is 0.0107 e. The number of fused-ring (bicyclic) bond motifs is 1. The van der Waals surface area contributed by atoms with Crippen LogP contribution in [0.5, 0.6) is 0 Å². The lowest BCUT2D eigenvalue weighted by molar-refractivity contribution is 0.491. The first-order valence-corrected chi connectivity index (χ1v) is 7.25. The molecule has 1 nitrogen and oxygen atoms in total. The van der Waals surface area contributed by atoms with Gasteiger partial charge in [0.25, 0.3) is 0 Å². The third-order valence-electron chi connectivity index (χ3n) is 3.30. The van der Waals surface area contributed by atoms with Gasteiger partial charge in [-0.25, -0.2) is 0 Å². The summed E-state index contributed by atoms with van der Waals surface area (Å²) in [5.74, 6) is 2.06. The predicted molar refractivity (Wildman–Crippen MR) is 72.3 cm³/mol. The molecule has 0 amide bonds. The summed E-state index contributed by atoms with van der Waals surface area (Å²) in [7, 11) is 0. The van der Waals surface area contributed by atoms with Gasteiger partial charge in [0, 0.05) is 16.7 Å². The van der Waals surface area contributed by atoms with Gasteiger partial charge < -0.3 is 5.32 Å². The maximum atomic E-state index is 3.49. The van der Waals surface area contributed by atoms with E-state index >= 15 is 0 Å². The van der Waals surface area contributed by atoms with Crippen molar-refractivity contribution in [2.24, 2.45) is 0 Å². The third-order valence-corrected chi connectivity index (χ3v) is 4.55. The number of thioether (sulfide) groups is 1. The number of rotatable bonds is 5. The van der Waals surface area contributed by atoms with E-state index in [2.05, 4.69) is 43.4 Å². The largest absolute Gasteiger partial charge is 0.315 e. The van der Waals surface area contributed by atoms with Crippen LogP contribution in [0.2, 0.25) is 0 Å². The molecule has 0 aliphatic carbocycles. The van der Waals surface area contributed by atoms with Crippen LogP contribution >= 0.6 is 11.8 Å². The van der Waals surface area contributed by atoms with Crippen molar-refractivity contribution in [3.63, 3.8) is 0 Å². The van der Waals surface area contributed by atoms with Crippen molar-refractivity contribution in [2.75, 3.05) is 12.3 Å². The van der Waals surface area contributed by atoms with Crippen LogP contribution in [0.15, 0.2) is 29.2 Å². The molecular weight excluding hydrogens is 214 g/mol. The Hall–Kier alpha value is -0.470. The van der Waals surface area contributed by atoms with Crippen LogP contribution < -0.4 is 5.32 Å². The Morgan fingerprint density at radius 2 is 2.25 bits per heavy atom. The molecule has 0 spiro atoms. The zero-order chi connectivity index (χ0) is 11.4. The lowest BCUT2D eigenvalue weighted by Gasteiger charge is -2.15. The molecule has 1 heterocycles. The molecule has 2 atom stereocenters. The maximum absolute atomic E-state index is 3.49. The number of hydrogen-bond donors (Lipinski definition) is 1. The third kappa shape index (κ3) is 2.80. The second kappa shape index (κ2) is 5.74. The second-order valence-electron chi connectivity index (χ2n) is 4.58. The fraction of sp³-hybridized carbons (Fsp3) is 0.571. The van der Waals surface area contributed by atoms with Gasteiger partial charge in [0.05, 0.1) is 0 Å². The Bertz CT molecular complexity index is 337. The summed E-state index contributed by atoms with van der Waals surface area (Å²) >= 11 is 2.02. The van der Waals surface area contributed by atoms with Crippen LogP contribution in [-0.2, 0) is 0 Å². The molecular formula is C14H21NS. The van der Waals surface area contributed by atoms with Gasteiger partial charge in [0.2, 0.25) is 0 Å². The summed E-state index contributed by atoms with van der Waals surface area (Å²) in [6.45, 7) is 5.55. The van der Waals surface area contributed by atoms with Crippen LogP contribution in [0.3, 0.4) is 0 Å². The standard InChI is InChI=1S/C14H21NS/c1-3-15-11(2)8-9-12-10-16-14-7-5-4-6-13(12)14/h4-7,11-12,15H,3,8-10H2,1-2H3. The highest BCUT2D eigenvalue weighted by Crippen LogP contribution is 2.41. The monoisotopic (exact) mass is 235 g/mol. The van der Waals surface area contributed by atoms with Crippen molar-refractivity contribution in [1.29, 1.82) is 0 Å². The van der Waals surface area contributed by atoms with E-state index in [0.717, 1.165) is 12.5 Å². The van der Waals surface area contributed by atoms with Crippen molar-refractivity contribution in [2.45, 2.75) is 43.5 Å². The van der Waals surface area contributed by atoms with Crippen molar-refractivity contribution in [3.8, 4) is 0 Å². The molecule has 0 saturated carbocycles. The highest BCUT2D eigenvalue weighted by atomic mass is 32.2. The Labute approximate surface area is 103 Å². The first kappa shape index (κ1) is 12.0. The zero-order valence-electron chi connectivity index (χ0n) is 10.2. The first-order valence-electron chi connectivity index (χ1n) is 6.26. The Kier molecular flexibility index (Phi) is 4.30. The van der Waals surface area contributed by atoms with E-state index in [1.807, 2.05) is 11.8 Å². The van der Waals surface area contributed by atoms with Gasteiger partial charge in [-0.05, 0) is 43.9 Å². The molecule has 0 aromatic heterocycles. The highest BCUT2D eigenvalue weighted by Gasteiger charge is 2.22. The topological polar surface area (TPSA) is 12.0 Å². The second-order valence-corrected chi connectivity index (χ2v) is 5.64. The van der Waals surface area contributed by atoms with Crippen molar-refractivity contribution >= 4 is 11.8 Å². The molecule has 1 aromatic carbocycles. The molecule has 88 valence electrons. The Morgan fingerprint density at radius 3 is 3.06 bits per heavy atom. The van der Waals surface area contributed by atoms with Crippen molar-refractivity contribution in [1.82, 2.24) is 5.32 Å². The van der Waals surface area contributed by atoms with Gasteiger partial charge in [-0.1, -0.05) is 25.1 Å². The van der Waals surface area contributed by atoms with E-state index in [4.69, 9.17) is 0 Å². The first-order chi connectivity index (χ1) is 7.81. The van der Waals surface area contributed by atoms with Crippen LogP contribution in [0.25, 0.3) is 0 Å². The SMILES string of the molecule is CCNC(C)CCC1CSc2ccccc21. The Balaban J connectivity index is 1.88. The zero-order valence-corrected chi connectivity index (χ0v) is 11.0. The molecule has 0 radical (unpaired) electrons.